The molecule has 1 fully saturated rings. The van der Waals surface area contributed by atoms with E-state index in [4.69, 9.17) is 11.6 Å². The standard InChI is InChI=1S/C22H18ClNOS/c23-19(16-10-4-1-5-11-16)20-21(25)24(18-14-8-3-9-15-18)22(26-20)17-12-6-2-7-13-17/h1-15,19-20,22H. The van der Waals surface area contributed by atoms with Gasteiger partial charge in [0.1, 0.15) is 10.6 Å². The lowest BCUT2D eigenvalue weighted by atomic mass is 10.1. The molecule has 1 aliphatic rings. The topological polar surface area (TPSA) is 20.3 Å². The van der Waals surface area contributed by atoms with Gasteiger partial charge in [-0.05, 0) is 23.3 Å². The maximum absolute atomic E-state index is 13.3. The molecule has 0 bridgehead atoms. The van der Waals surface area contributed by atoms with Gasteiger partial charge >= 0.3 is 0 Å². The normalized spacial score (nSPS) is 21.0. The Morgan fingerprint density at radius 2 is 1.35 bits per heavy atom. The molecular weight excluding hydrogens is 362 g/mol. The molecule has 26 heavy (non-hydrogen) atoms. The summed E-state index contributed by atoms with van der Waals surface area (Å²) in [7, 11) is 0. The molecule has 1 saturated heterocycles. The summed E-state index contributed by atoms with van der Waals surface area (Å²) in [6.07, 6.45) is 0. The Bertz CT molecular complexity index is 872. The number of benzene rings is 3. The van der Waals surface area contributed by atoms with Gasteiger partial charge in [0.2, 0.25) is 5.91 Å². The van der Waals surface area contributed by atoms with E-state index >= 15 is 0 Å². The average molecular weight is 380 g/mol. The van der Waals surface area contributed by atoms with Crippen LogP contribution in [-0.4, -0.2) is 11.2 Å². The third kappa shape index (κ3) is 3.25. The van der Waals surface area contributed by atoms with Crippen LogP contribution in [0, 0.1) is 0 Å². The highest BCUT2D eigenvalue weighted by Gasteiger charge is 2.45. The summed E-state index contributed by atoms with van der Waals surface area (Å²) in [5.74, 6) is 0.0545. The lowest BCUT2D eigenvalue weighted by molar-refractivity contribution is -0.117. The van der Waals surface area contributed by atoms with E-state index in [-0.39, 0.29) is 21.9 Å². The minimum Gasteiger partial charge on any atom is -0.295 e. The summed E-state index contributed by atoms with van der Waals surface area (Å²) < 4.78 is 0. The van der Waals surface area contributed by atoms with Crippen molar-refractivity contribution in [2.24, 2.45) is 0 Å². The molecule has 1 heterocycles. The Balaban J connectivity index is 1.72. The summed E-state index contributed by atoms with van der Waals surface area (Å²) >= 11 is 8.37. The maximum atomic E-state index is 13.3. The number of thioether (sulfide) groups is 1. The fourth-order valence-corrected chi connectivity index (χ4v) is 5.11. The van der Waals surface area contributed by atoms with E-state index in [1.807, 2.05) is 83.8 Å². The van der Waals surface area contributed by atoms with Crippen LogP contribution in [0.2, 0.25) is 0 Å². The molecule has 0 aliphatic carbocycles. The van der Waals surface area contributed by atoms with Crippen LogP contribution >= 0.6 is 23.4 Å². The monoisotopic (exact) mass is 379 g/mol. The van der Waals surface area contributed by atoms with Crippen LogP contribution in [0.4, 0.5) is 5.69 Å². The first-order valence-corrected chi connectivity index (χ1v) is 9.91. The van der Waals surface area contributed by atoms with Crippen molar-refractivity contribution in [2.75, 3.05) is 4.90 Å². The van der Waals surface area contributed by atoms with Crippen molar-refractivity contribution in [2.45, 2.75) is 16.0 Å². The van der Waals surface area contributed by atoms with Crippen LogP contribution in [-0.2, 0) is 4.79 Å². The van der Waals surface area contributed by atoms with Gasteiger partial charge in [-0.3, -0.25) is 9.69 Å². The van der Waals surface area contributed by atoms with E-state index in [9.17, 15) is 4.79 Å². The highest BCUT2D eigenvalue weighted by Crippen LogP contribution is 2.50. The van der Waals surface area contributed by atoms with Crippen LogP contribution in [0.5, 0.6) is 0 Å². The summed E-state index contributed by atoms with van der Waals surface area (Å²) in [5, 5.41) is -0.779. The van der Waals surface area contributed by atoms with Crippen molar-refractivity contribution < 1.29 is 4.79 Å². The van der Waals surface area contributed by atoms with Crippen LogP contribution in [0.1, 0.15) is 21.9 Å². The van der Waals surface area contributed by atoms with Gasteiger partial charge in [0.25, 0.3) is 0 Å². The summed E-state index contributed by atoms with van der Waals surface area (Å²) in [6.45, 7) is 0. The second kappa shape index (κ2) is 7.56. The SMILES string of the molecule is O=C1C(C(Cl)c2ccccc2)SC(c2ccccc2)N1c1ccccc1. The van der Waals surface area contributed by atoms with Gasteiger partial charge in [0.15, 0.2) is 0 Å². The van der Waals surface area contributed by atoms with Crippen LogP contribution < -0.4 is 4.90 Å². The fourth-order valence-electron chi connectivity index (χ4n) is 3.21. The van der Waals surface area contributed by atoms with E-state index in [1.54, 1.807) is 11.8 Å². The number of amides is 1. The lowest BCUT2D eigenvalue weighted by Crippen LogP contribution is -2.32. The van der Waals surface area contributed by atoms with Crippen molar-refractivity contribution in [3.05, 3.63) is 102 Å². The fraction of sp³-hybridized carbons (Fsp3) is 0.136. The van der Waals surface area contributed by atoms with Gasteiger partial charge in [-0.15, -0.1) is 23.4 Å². The molecule has 4 rings (SSSR count). The molecule has 1 amide bonds. The number of hydrogen-bond acceptors (Lipinski definition) is 2. The Morgan fingerprint density at radius 1 is 0.808 bits per heavy atom. The number of carbonyl (C=O) groups is 1. The lowest BCUT2D eigenvalue weighted by Gasteiger charge is -2.24. The number of rotatable bonds is 4. The highest BCUT2D eigenvalue weighted by atomic mass is 35.5. The Hall–Kier alpha value is -2.23. The molecule has 0 radical (unpaired) electrons. The van der Waals surface area contributed by atoms with Gasteiger partial charge in [-0.25, -0.2) is 0 Å². The molecule has 3 aromatic carbocycles. The molecule has 4 heteroatoms. The first-order valence-electron chi connectivity index (χ1n) is 8.53. The predicted octanol–water partition coefficient (Wildman–Crippen LogP) is 5.81. The zero-order chi connectivity index (χ0) is 17.9. The predicted molar refractivity (Wildman–Crippen MR) is 110 cm³/mol. The molecule has 2 nitrogen and oxygen atoms in total. The van der Waals surface area contributed by atoms with Crippen molar-refractivity contribution >= 4 is 35.0 Å². The second-order valence-electron chi connectivity index (χ2n) is 6.18. The highest BCUT2D eigenvalue weighted by molar-refractivity contribution is 8.01. The van der Waals surface area contributed by atoms with E-state index in [2.05, 4.69) is 12.1 Å². The van der Waals surface area contributed by atoms with E-state index in [0.29, 0.717) is 0 Å². The number of nitrogens with zero attached hydrogens (tertiary/aromatic N) is 1. The molecule has 0 spiro atoms. The van der Waals surface area contributed by atoms with Crippen LogP contribution in [0.3, 0.4) is 0 Å². The van der Waals surface area contributed by atoms with Crippen molar-refractivity contribution in [1.82, 2.24) is 0 Å². The number of para-hydroxylation sites is 1. The third-order valence-electron chi connectivity index (χ3n) is 4.49. The van der Waals surface area contributed by atoms with Crippen LogP contribution in [0.25, 0.3) is 0 Å². The van der Waals surface area contributed by atoms with E-state index in [1.165, 1.54) is 0 Å². The molecule has 3 unspecified atom stereocenters. The number of carbonyl (C=O) groups excluding carboxylic acids is 1. The number of alkyl halides is 1. The molecule has 1 aliphatic heterocycles. The first-order chi connectivity index (χ1) is 12.8. The van der Waals surface area contributed by atoms with Gasteiger partial charge < -0.3 is 0 Å². The zero-order valence-corrected chi connectivity index (χ0v) is 15.6. The maximum Gasteiger partial charge on any atom is 0.243 e. The molecule has 0 aromatic heterocycles. The summed E-state index contributed by atoms with van der Waals surface area (Å²) in [4.78, 5) is 15.2. The first kappa shape index (κ1) is 17.2. The van der Waals surface area contributed by atoms with Crippen molar-refractivity contribution in [3.63, 3.8) is 0 Å². The molecular formula is C22H18ClNOS. The van der Waals surface area contributed by atoms with Crippen molar-refractivity contribution in [3.8, 4) is 0 Å². The van der Waals surface area contributed by atoms with Crippen molar-refractivity contribution in [1.29, 1.82) is 0 Å². The zero-order valence-electron chi connectivity index (χ0n) is 14.0. The van der Waals surface area contributed by atoms with Gasteiger partial charge in [0, 0.05) is 5.69 Å². The second-order valence-corrected chi connectivity index (χ2v) is 7.87. The number of hydrogen-bond donors (Lipinski definition) is 0. The Morgan fingerprint density at radius 3 is 1.96 bits per heavy atom. The minimum atomic E-state index is -0.367. The summed E-state index contributed by atoms with van der Waals surface area (Å²) in [5.41, 5.74) is 2.98. The van der Waals surface area contributed by atoms with E-state index in [0.717, 1.165) is 16.8 Å². The summed E-state index contributed by atoms with van der Waals surface area (Å²) in [6, 6.07) is 29.8. The molecule has 0 N–H and O–H groups in total. The number of anilines is 1. The largest absolute Gasteiger partial charge is 0.295 e. The molecule has 3 aromatic rings. The minimum absolute atomic E-state index is 0.0545. The van der Waals surface area contributed by atoms with E-state index < -0.39 is 0 Å². The molecule has 130 valence electrons. The van der Waals surface area contributed by atoms with Gasteiger partial charge in [-0.2, -0.15) is 0 Å². The third-order valence-corrected chi connectivity index (χ3v) is 6.65. The van der Waals surface area contributed by atoms with Gasteiger partial charge in [0.05, 0.1) is 5.38 Å². The molecule has 3 atom stereocenters. The Labute approximate surface area is 162 Å². The Kier molecular flexibility index (Phi) is 5.00. The number of halogens is 1. The average Bonchev–Trinajstić information content (AvgIpc) is 3.06. The quantitative estimate of drug-likeness (QED) is 0.533. The van der Waals surface area contributed by atoms with Gasteiger partial charge in [-0.1, -0.05) is 78.9 Å². The molecule has 0 saturated carbocycles. The van der Waals surface area contributed by atoms with Crippen LogP contribution in [0.15, 0.2) is 91.0 Å². The smallest absolute Gasteiger partial charge is 0.243 e.